The van der Waals surface area contributed by atoms with Crippen molar-refractivity contribution in [2.75, 3.05) is 0 Å². The van der Waals surface area contributed by atoms with Gasteiger partial charge in [0.1, 0.15) is 5.49 Å². The van der Waals surface area contributed by atoms with Gasteiger partial charge in [-0.1, -0.05) is 0 Å². The minimum absolute atomic E-state index is 0.374. The van der Waals surface area contributed by atoms with Crippen LogP contribution in [0.5, 0.6) is 0 Å². The van der Waals surface area contributed by atoms with Crippen LogP contribution >= 0.6 is 0 Å². The van der Waals surface area contributed by atoms with Gasteiger partial charge in [0, 0.05) is 18.5 Å². The van der Waals surface area contributed by atoms with Gasteiger partial charge >= 0.3 is 5.84 Å². The topological polar surface area (TPSA) is 54.3 Å². The molecule has 0 radical (unpaired) electrons. The Morgan fingerprint density at radius 2 is 2.50 bits per heavy atom. The highest BCUT2D eigenvalue weighted by molar-refractivity contribution is 5.19. The van der Waals surface area contributed by atoms with Gasteiger partial charge in [-0.25, -0.2) is 4.98 Å². The molecule has 0 saturated carbocycles. The molecular weight excluding hydrogens is 130 g/mol. The number of nitrogens with one attached hydrogen (secondary N) is 1. The fourth-order valence-corrected chi connectivity index (χ4v) is 0.800. The summed E-state index contributed by atoms with van der Waals surface area (Å²) in [7, 11) is 0. The molecule has 0 aliphatic rings. The summed E-state index contributed by atoms with van der Waals surface area (Å²) < 4.78 is 6.52. The lowest BCUT2D eigenvalue weighted by atomic mass is 10.7. The second kappa shape index (κ2) is 1.70. The third-order valence-electron chi connectivity index (χ3n) is 1.27. The van der Waals surface area contributed by atoms with E-state index in [4.69, 9.17) is 9.83 Å². The smallest absolute Gasteiger partial charge is 0.307 e. The SMILES string of the molecule is N=c1ccoc2nccn12. The molecule has 0 unspecified atom stereocenters. The molecule has 1 N–H and O–H groups in total. The maximum atomic E-state index is 7.34. The third kappa shape index (κ3) is 0.556. The van der Waals surface area contributed by atoms with Crippen molar-refractivity contribution >= 4 is 5.84 Å². The molecule has 0 atom stereocenters. The van der Waals surface area contributed by atoms with Gasteiger partial charge in [0.15, 0.2) is 0 Å². The molecule has 0 aliphatic heterocycles. The zero-order chi connectivity index (χ0) is 6.97. The average molecular weight is 135 g/mol. The van der Waals surface area contributed by atoms with Crippen molar-refractivity contribution in [3.8, 4) is 0 Å². The van der Waals surface area contributed by atoms with Crippen LogP contribution in [0.25, 0.3) is 5.84 Å². The third-order valence-corrected chi connectivity index (χ3v) is 1.27. The van der Waals surface area contributed by atoms with Crippen LogP contribution in [0.4, 0.5) is 0 Å². The van der Waals surface area contributed by atoms with Gasteiger partial charge in [-0.3, -0.25) is 9.81 Å². The van der Waals surface area contributed by atoms with E-state index in [1.165, 1.54) is 6.26 Å². The van der Waals surface area contributed by atoms with Crippen molar-refractivity contribution in [2.45, 2.75) is 0 Å². The first kappa shape index (κ1) is 5.22. The summed E-state index contributed by atoms with van der Waals surface area (Å²) in [5.41, 5.74) is 0.374. The van der Waals surface area contributed by atoms with Crippen LogP contribution < -0.4 is 5.49 Å². The molecule has 0 fully saturated rings. The van der Waals surface area contributed by atoms with Gasteiger partial charge < -0.3 is 4.42 Å². The first-order valence-electron chi connectivity index (χ1n) is 2.83. The predicted octanol–water partition coefficient (Wildman–Crippen LogP) is 0.407. The van der Waals surface area contributed by atoms with E-state index in [1.807, 2.05) is 0 Å². The quantitative estimate of drug-likeness (QED) is 0.568. The Bertz CT molecular complexity index is 400. The van der Waals surface area contributed by atoms with E-state index in [0.717, 1.165) is 0 Å². The molecule has 10 heavy (non-hydrogen) atoms. The number of hydrogen-bond donors (Lipinski definition) is 1. The maximum absolute atomic E-state index is 7.34. The zero-order valence-electron chi connectivity index (χ0n) is 5.11. The van der Waals surface area contributed by atoms with Crippen LogP contribution in [-0.2, 0) is 0 Å². The zero-order valence-corrected chi connectivity index (χ0v) is 5.11. The molecule has 4 nitrogen and oxygen atoms in total. The van der Waals surface area contributed by atoms with Crippen molar-refractivity contribution in [2.24, 2.45) is 0 Å². The van der Waals surface area contributed by atoms with Gasteiger partial charge in [0.2, 0.25) is 0 Å². The van der Waals surface area contributed by atoms with Crippen LogP contribution in [0.15, 0.2) is 29.1 Å². The number of imidazole rings is 1. The number of rotatable bonds is 0. The van der Waals surface area contributed by atoms with Crippen molar-refractivity contribution in [3.63, 3.8) is 0 Å². The van der Waals surface area contributed by atoms with E-state index in [2.05, 4.69) is 4.98 Å². The fourth-order valence-electron chi connectivity index (χ4n) is 0.800. The van der Waals surface area contributed by atoms with Crippen LogP contribution in [0, 0.1) is 5.41 Å². The standard InChI is InChI=1S/C6H5N3O/c7-5-1-4-10-6-8-2-3-9(5)6/h1-4,7H. The summed E-state index contributed by atoms with van der Waals surface area (Å²) >= 11 is 0. The van der Waals surface area contributed by atoms with Crippen molar-refractivity contribution in [1.29, 1.82) is 5.41 Å². The largest absolute Gasteiger partial charge is 0.433 e. The van der Waals surface area contributed by atoms with Gasteiger partial charge in [-0.15, -0.1) is 0 Å². The van der Waals surface area contributed by atoms with Crippen LogP contribution in [0.1, 0.15) is 0 Å². The number of hydrogen-bond acceptors (Lipinski definition) is 3. The molecule has 50 valence electrons. The second-order valence-electron chi connectivity index (χ2n) is 1.89. The lowest BCUT2D eigenvalue weighted by Crippen LogP contribution is -2.08. The van der Waals surface area contributed by atoms with E-state index in [9.17, 15) is 0 Å². The van der Waals surface area contributed by atoms with Gasteiger partial charge in [0.05, 0.1) is 6.26 Å². The highest BCUT2D eigenvalue weighted by Gasteiger charge is 1.92. The van der Waals surface area contributed by atoms with E-state index in [-0.39, 0.29) is 0 Å². The summed E-state index contributed by atoms with van der Waals surface area (Å²) in [5.74, 6) is 0.451. The average Bonchev–Trinajstić information content (AvgIpc) is 2.36. The Hall–Kier alpha value is -1.58. The van der Waals surface area contributed by atoms with Crippen LogP contribution in [0.2, 0.25) is 0 Å². The molecule has 0 amide bonds. The van der Waals surface area contributed by atoms with Crippen molar-refractivity contribution in [3.05, 3.63) is 30.2 Å². The highest BCUT2D eigenvalue weighted by atomic mass is 16.3. The summed E-state index contributed by atoms with van der Waals surface area (Å²) in [5, 5.41) is 7.34. The van der Waals surface area contributed by atoms with E-state index < -0.39 is 0 Å². The van der Waals surface area contributed by atoms with E-state index in [0.29, 0.717) is 11.3 Å². The molecule has 2 aromatic heterocycles. The Labute approximate surface area is 56.3 Å². The monoisotopic (exact) mass is 135 g/mol. The summed E-state index contributed by atoms with van der Waals surface area (Å²) in [6, 6.07) is 1.56. The molecule has 0 aromatic carbocycles. The Morgan fingerprint density at radius 1 is 1.60 bits per heavy atom. The minimum Gasteiger partial charge on any atom is -0.433 e. The normalized spacial score (nSPS) is 10.4. The molecule has 2 heterocycles. The van der Waals surface area contributed by atoms with Gasteiger partial charge in [-0.05, 0) is 0 Å². The number of aromatic nitrogens is 2. The lowest BCUT2D eigenvalue weighted by Gasteiger charge is -1.88. The van der Waals surface area contributed by atoms with Crippen LogP contribution in [0.3, 0.4) is 0 Å². The first-order chi connectivity index (χ1) is 4.88. The predicted molar refractivity (Wildman–Crippen MR) is 33.3 cm³/mol. The van der Waals surface area contributed by atoms with Crippen LogP contribution in [-0.4, -0.2) is 9.38 Å². The molecule has 4 heteroatoms. The molecule has 0 saturated heterocycles. The number of nitrogens with zero attached hydrogens (tertiary/aromatic N) is 2. The summed E-state index contributed by atoms with van der Waals surface area (Å²) in [6.07, 6.45) is 4.72. The fraction of sp³-hybridized carbons (Fsp3) is 0. The van der Waals surface area contributed by atoms with Crippen molar-refractivity contribution in [1.82, 2.24) is 9.38 Å². The maximum Gasteiger partial charge on any atom is 0.307 e. The molecule has 0 aliphatic carbocycles. The Balaban J connectivity index is 3.09. The van der Waals surface area contributed by atoms with Gasteiger partial charge in [-0.2, -0.15) is 0 Å². The molecule has 0 spiro atoms. The Kier molecular flexibility index (Phi) is 0.887. The van der Waals surface area contributed by atoms with Crippen molar-refractivity contribution < 1.29 is 4.42 Å². The Morgan fingerprint density at radius 3 is 3.30 bits per heavy atom. The highest BCUT2D eigenvalue weighted by Crippen LogP contribution is 1.92. The second-order valence-corrected chi connectivity index (χ2v) is 1.89. The van der Waals surface area contributed by atoms with E-state index >= 15 is 0 Å². The summed E-state index contributed by atoms with van der Waals surface area (Å²) in [4.78, 5) is 3.86. The first-order valence-corrected chi connectivity index (χ1v) is 2.83. The lowest BCUT2D eigenvalue weighted by molar-refractivity contribution is 0.557. The molecule has 2 rings (SSSR count). The van der Waals surface area contributed by atoms with Gasteiger partial charge in [0.25, 0.3) is 0 Å². The van der Waals surface area contributed by atoms with E-state index in [1.54, 1.807) is 22.9 Å². The molecular formula is C6H5N3O. The molecule has 0 bridgehead atoms. The number of fused-ring (bicyclic) bond motifs is 1. The minimum atomic E-state index is 0.374. The summed E-state index contributed by atoms with van der Waals surface area (Å²) in [6.45, 7) is 0. The molecule has 2 aromatic rings.